The molecule has 3 amide bonds. The minimum Gasteiger partial charge on any atom is -0.336 e. The molecule has 0 N–H and O–H groups in total. The van der Waals surface area contributed by atoms with Gasteiger partial charge in [0.15, 0.2) is 0 Å². The van der Waals surface area contributed by atoms with Crippen molar-refractivity contribution in [3.63, 3.8) is 0 Å². The SMILES string of the molecule is O=C1CCC(=O)N1C1CC2CCC(C1)N2C(=O)Cc1ccccc1Cl. The molecule has 3 aliphatic rings. The Morgan fingerprint density at radius 1 is 1.00 bits per heavy atom. The summed E-state index contributed by atoms with van der Waals surface area (Å²) in [7, 11) is 0. The summed E-state index contributed by atoms with van der Waals surface area (Å²) in [5.74, 6) is -0.00591. The van der Waals surface area contributed by atoms with E-state index in [-0.39, 0.29) is 35.8 Å². The van der Waals surface area contributed by atoms with Crippen LogP contribution in [0.4, 0.5) is 0 Å². The van der Waals surface area contributed by atoms with Crippen LogP contribution in [-0.2, 0) is 20.8 Å². The molecule has 0 radical (unpaired) electrons. The van der Waals surface area contributed by atoms with E-state index in [2.05, 4.69) is 0 Å². The van der Waals surface area contributed by atoms with Gasteiger partial charge in [-0.05, 0) is 37.3 Å². The van der Waals surface area contributed by atoms with Crippen molar-refractivity contribution in [3.05, 3.63) is 34.9 Å². The van der Waals surface area contributed by atoms with Gasteiger partial charge in [0.05, 0.1) is 6.42 Å². The monoisotopic (exact) mass is 360 g/mol. The van der Waals surface area contributed by atoms with Crippen molar-refractivity contribution < 1.29 is 14.4 Å². The second-order valence-electron chi connectivity index (χ2n) is 7.24. The van der Waals surface area contributed by atoms with Crippen LogP contribution >= 0.6 is 11.6 Å². The first kappa shape index (κ1) is 16.6. The summed E-state index contributed by atoms with van der Waals surface area (Å²) in [6, 6.07) is 7.64. The number of fused-ring (bicyclic) bond motifs is 2. The van der Waals surface area contributed by atoms with E-state index in [1.54, 1.807) is 6.07 Å². The molecule has 0 aromatic heterocycles. The van der Waals surface area contributed by atoms with Gasteiger partial charge in [-0.3, -0.25) is 19.3 Å². The number of hydrogen-bond acceptors (Lipinski definition) is 3. The van der Waals surface area contributed by atoms with Crippen molar-refractivity contribution in [1.29, 1.82) is 0 Å². The van der Waals surface area contributed by atoms with E-state index in [1.165, 1.54) is 4.90 Å². The van der Waals surface area contributed by atoms with Crippen molar-refractivity contribution >= 4 is 29.3 Å². The number of nitrogens with zero attached hydrogens (tertiary/aromatic N) is 2. The summed E-state index contributed by atoms with van der Waals surface area (Å²) in [5.41, 5.74) is 0.848. The van der Waals surface area contributed by atoms with E-state index < -0.39 is 0 Å². The predicted molar refractivity (Wildman–Crippen MR) is 92.9 cm³/mol. The predicted octanol–water partition coefficient (Wildman–Crippen LogP) is 2.55. The molecule has 2 atom stereocenters. The van der Waals surface area contributed by atoms with Gasteiger partial charge in [0.1, 0.15) is 0 Å². The molecule has 25 heavy (non-hydrogen) atoms. The first-order chi connectivity index (χ1) is 12.0. The van der Waals surface area contributed by atoms with Gasteiger partial charge in [-0.15, -0.1) is 0 Å². The second kappa shape index (κ2) is 6.45. The summed E-state index contributed by atoms with van der Waals surface area (Å²) in [6.45, 7) is 0. The van der Waals surface area contributed by atoms with E-state index in [1.807, 2.05) is 23.1 Å². The fourth-order valence-electron chi connectivity index (χ4n) is 4.66. The largest absolute Gasteiger partial charge is 0.336 e. The highest BCUT2D eigenvalue weighted by Gasteiger charge is 2.47. The molecule has 132 valence electrons. The third kappa shape index (κ3) is 2.95. The number of piperidine rings is 1. The number of carbonyl (C=O) groups is 3. The summed E-state index contributed by atoms with van der Waals surface area (Å²) in [6.07, 6.45) is 4.29. The molecular weight excluding hydrogens is 340 g/mol. The lowest BCUT2D eigenvalue weighted by Gasteiger charge is -2.41. The van der Waals surface area contributed by atoms with E-state index in [4.69, 9.17) is 11.6 Å². The van der Waals surface area contributed by atoms with Gasteiger partial charge in [-0.1, -0.05) is 29.8 Å². The van der Waals surface area contributed by atoms with Crippen molar-refractivity contribution in [1.82, 2.24) is 9.80 Å². The minimum atomic E-state index is -0.0507. The third-order valence-corrected chi connectivity index (χ3v) is 6.12. The van der Waals surface area contributed by atoms with Crippen LogP contribution in [0.5, 0.6) is 0 Å². The Morgan fingerprint density at radius 3 is 2.20 bits per heavy atom. The average Bonchev–Trinajstić information content (AvgIpc) is 3.06. The van der Waals surface area contributed by atoms with Crippen LogP contribution in [0.25, 0.3) is 0 Å². The van der Waals surface area contributed by atoms with Crippen molar-refractivity contribution in [3.8, 4) is 0 Å². The molecule has 3 fully saturated rings. The lowest BCUT2D eigenvalue weighted by Crippen LogP contribution is -2.54. The molecule has 3 heterocycles. The molecule has 1 aromatic carbocycles. The van der Waals surface area contributed by atoms with E-state index >= 15 is 0 Å². The highest BCUT2D eigenvalue weighted by molar-refractivity contribution is 6.31. The van der Waals surface area contributed by atoms with Gasteiger partial charge in [-0.25, -0.2) is 0 Å². The highest BCUT2D eigenvalue weighted by Crippen LogP contribution is 2.39. The molecule has 6 heteroatoms. The van der Waals surface area contributed by atoms with Crippen LogP contribution < -0.4 is 0 Å². The molecule has 4 rings (SSSR count). The van der Waals surface area contributed by atoms with Gasteiger partial charge in [0.25, 0.3) is 0 Å². The van der Waals surface area contributed by atoms with Gasteiger partial charge >= 0.3 is 0 Å². The van der Waals surface area contributed by atoms with Crippen molar-refractivity contribution in [2.75, 3.05) is 0 Å². The van der Waals surface area contributed by atoms with Gasteiger partial charge in [-0.2, -0.15) is 0 Å². The number of benzene rings is 1. The molecule has 1 aromatic rings. The molecule has 3 saturated heterocycles. The standard InChI is InChI=1S/C19H21ClN2O3/c20-16-4-2-1-3-12(16)9-19(25)21-13-5-6-14(21)11-15(10-13)22-17(23)7-8-18(22)24/h1-4,13-15H,5-11H2. The van der Waals surface area contributed by atoms with Crippen LogP contribution in [0.2, 0.25) is 5.02 Å². The zero-order valence-electron chi connectivity index (χ0n) is 14.0. The molecule has 0 aliphatic carbocycles. The Kier molecular flexibility index (Phi) is 4.28. The van der Waals surface area contributed by atoms with E-state index in [9.17, 15) is 14.4 Å². The van der Waals surface area contributed by atoms with Crippen molar-refractivity contribution in [2.45, 2.75) is 63.1 Å². The molecule has 2 unspecified atom stereocenters. The van der Waals surface area contributed by atoms with Crippen LogP contribution in [0.1, 0.15) is 44.1 Å². The Balaban J connectivity index is 1.47. The lowest BCUT2D eigenvalue weighted by molar-refractivity contribution is -0.144. The Bertz CT molecular complexity index is 705. The summed E-state index contributed by atoms with van der Waals surface area (Å²) in [4.78, 5) is 40.4. The first-order valence-corrected chi connectivity index (χ1v) is 9.32. The summed E-state index contributed by atoms with van der Waals surface area (Å²) in [5, 5.41) is 0.617. The van der Waals surface area contributed by atoms with E-state index in [0.29, 0.717) is 37.1 Å². The summed E-state index contributed by atoms with van der Waals surface area (Å²) < 4.78 is 0. The zero-order valence-corrected chi connectivity index (χ0v) is 14.7. The topological polar surface area (TPSA) is 57.7 Å². The summed E-state index contributed by atoms with van der Waals surface area (Å²) >= 11 is 6.18. The number of halogens is 1. The maximum absolute atomic E-state index is 12.9. The Hall–Kier alpha value is -1.88. The Morgan fingerprint density at radius 2 is 1.60 bits per heavy atom. The maximum Gasteiger partial charge on any atom is 0.229 e. The number of hydrogen-bond donors (Lipinski definition) is 0. The van der Waals surface area contributed by atoms with Gasteiger partial charge < -0.3 is 4.90 Å². The Labute approximate surface area is 151 Å². The third-order valence-electron chi connectivity index (χ3n) is 5.75. The van der Waals surface area contributed by atoms with E-state index in [0.717, 1.165) is 18.4 Å². The molecule has 2 bridgehead atoms. The lowest BCUT2D eigenvalue weighted by atomic mass is 9.95. The van der Waals surface area contributed by atoms with Crippen LogP contribution in [-0.4, -0.2) is 45.6 Å². The van der Waals surface area contributed by atoms with Crippen LogP contribution in [0.15, 0.2) is 24.3 Å². The fourth-order valence-corrected chi connectivity index (χ4v) is 4.87. The molecule has 5 nitrogen and oxygen atoms in total. The second-order valence-corrected chi connectivity index (χ2v) is 7.64. The quantitative estimate of drug-likeness (QED) is 0.778. The molecular formula is C19H21ClN2O3. The average molecular weight is 361 g/mol. The van der Waals surface area contributed by atoms with Gasteiger partial charge in [0, 0.05) is 36.0 Å². The first-order valence-electron chi connectivity index (χ1n) is 8.94. The number of likely N-dealkylation sites (tertiary alicyclic amines) is 1. The number of rotatable bonds is 3. The molecule has 0 saturated carbocycles. The number of imide groups is 1. The maximum atomic E-state index is 12.9. The number of amides is 3. The molecule has 0 spiro atoms. The highest BCUT2D eigenvalue weighted by atomic mass is 35.5. The minimum absolute atomic E-state index is 0.0376. The molecule has 3 aliphatic heterocycles. The van der Waals surface area contributed by atoms with Crippen LogP contribution in [0, 0.1) is 0 Å². The van der Waals surface area contributed by atoms with Gasteiger partial charge in [0.2, 0.25) is 17.7 Å². The van der Waals surface area contributed by atoms with Crippen LogP contribution in [0.3, 0.4) is 0 Å². The normalized spacial score (nSPS) is 28.8. The fraction of sp³-hybridized carbons (Fsp3) is 0.526. The zero-order chi connectivity index (χ0) is 17.6. The smallest absolute Gasteiger partial charge is 0.229 e. The van der Waals surface area contributed by atoms with Crippen molar-refractivity contribution in [2.24, 2.45) is 0 Å². The number of carbonyl (C=O) groups excluding carboxylic acids is 3.